The van der Waals surface area contributed by atoms with E-state index in [-0.39, 0.29) is 20.6 Å². The quantitative estimate of drug-likeness (QED) is 0.176. The van der Waals surface area contributed by atoms with Gasteiger partial charge in [-0.05, 0) is 123 Å². The van der Waals surface area contributed by atoms with Crippen molar-refractivity contribution in [1.82, 2.24) is 0 Å². The molecule has 6 rings (SSSR count). The van der Waals surface area contributed by atoms with Crippen LogP contribution in [0.3, 0.4) is 0 Å². The summed E-state index contributed by atoms with van der Waals surface area (Å²) in [6.45, 7) is 19.9. The summed E-state index contributed by atoms with van der Waals surface area (Å²) in [5.41, 5.74) is 8.03. The molecule has 0 amide bonds. The fraction of sp³-hybridized carbons (Fsp3) is 0.478. The molecule has 0 unspecified atom stereocenters. The molecule has 6 nitrogen and oxygen atoms in total. The van der Waals surface area contributed by atoms with Crippen LogP contribution < -0.4 is 0 Å². The minimum Gasteiger partial charge on any atom is -0.344 e. The minimum absolute atomic E-state index is 0.0185. The molecule has 55 heavy (non-hydrogen) atoms. The van der Waals surface area contributed by atoms with E-state index in [1.807, 2.05) is 38.2 Å². The zero-order valence-electron chi connectivity index (χ0n) is 33.6. The average molecular weight is 808 g/mol. The average Bonchev–Trinajstić information content (AvgIpc) is 3.82. The Labute approximate surface area is 338 Å². The van der Waals surface area contributed by atoms with Gasteiger partial charge < -0.3 is 18.9 Å². The van der Waals surface area contributed by atoms with E-state index in [0.29, 0.717) is 47.6 Å². The number of sulfone groups is 1. The van der Waals surface area contributed by atoms with Crippen LogP contribution in [0.1, 0.15) is 105 Å². The number of allylic oxidation sites excluding steroid dienone is 8. The first-order chi connectivity index (χ1) is 25.9. The zero-order valence-corrected chi connectivity index (χ0v) is 35.9. The lowest BCUT2D eigenvalue weighted by Gasteiger charge is -2.42. The first kappa shape index (κ1) is 41.9. The standard InChI is InChI=1S/C46H56Cl2O6S/c1-31(11-17-39-33(3)45(51-25-26-52-45)23-21-43(39,5)6)9-13-35-29-37(47)15-19-41(35)55(49,50)42-20-16-38(48)30-36(42)14-10-32(2)12-18-40-34(4)46(53-27-28-54-46)24-22-44(40,7)8/h9-16,19-20,29-30H,17-18,21-28H2,1-8H3/b13-9+,14-10+,31-11+,32-12+. The maximum Gasteiger partial charge on any atom is 0.207 e. The lowest BCUT2D eigenvalue weighted by atomic mass is 9.69. The summed E-state index contributed by atoms with van der Waals surface area (Å²) >= 11 is 12.9. The fourth-order valence-corrected chi connectivity index (χ4v) is 10.6. The second-order valence-corrected chi connectivity index (χ2v) is 19.5. The van der Waals surface area contributed by atoms with Crippen molar-refractivity contribution in [3.8, 4) is 0 Å². The van der Waals surface area contributed by atoms with Crippen LogP contribution in [0.2, 0.25) is 10.0 Å². The van der Waals surface area contributed by atoms with Gasteiger partial charge in [0.2, 0.25) is 9.84 Å². The maximum atomic E-state index is 14.5. The van der Waals surface area contributed by atoms with E-state index in [1.54, 1.807) is 36.4 Å². The Kier molecular flexibility index (Phi) is 12.4. The number of hydrogen-bond donors (Lipinski definition) is 0. The van der Waals surface area contributed by atoms with Crippen molar-refractivity contribution in [2.24, 2.45) is 10.8 Å². The number of halogens is 2. The lowest BCUT2D eigenvalue weighted by molar-refractivity contribution is -0.142. The molecular formula is C46H56Cl2O6S. The van der Waals surface area contributed by atoms with Crippen LogP contribution in [-0.4, -0.2) is 46.4 Å². The smallest absolute Gasteiger partial charge is 0.207 e. The van der Waals surface area contributed by atoms with Crippen LogP contribution >= 0.6 is 23.2 Å². The van der Waals surface area contributed by atoms with Gasteiger partial charge in [-0.1, -0.05) is 110 Å². The highest BCUT2D eigenvalue weighted by molar-refractivity contribution is 7.91. The van der Waals surface area contributed by atoms with Gasteiger partial charge in [0, 0.05) is 22.9 Å². The molecule has 0 aromatic heterocycles. The number of benzene rings is 2. The van der Waals surface area contributed by atoms with Crippen LogP contribution in [-0.2, 0) is 28.8 Å². The van der Waals surface area contributed by atoms with Crippen molar-refractivity contribution in [3.63, 3.8) is 0 Å². The highest BCUT2D eigenvalue weighted by atomic mass is 35.5. The maximum absolute atomic E-state index is 14.5. The molecule has 2 spiro atoms. The summed E-state index contributed by atoms with van der Waals surface area (Å²) in [4.78, 5) is 0.337. The van der Waals surface area contributed by atoms with Crippen LogP contribution in [0.5, 0.6) is 0 Å². The molecule has 296 valence electrons. The molecule has 0 atom stereocenters. The molecule has 4 aliphatic rings. The molecule has 2 saturated heterocycles. The Hall–Kier alpha value is -2.75. The van der Waals surface area contributed by atoms with Crippen LogP contribution in [0.15, 0.2) is 104 Å². The third-order valence-corrected chi connectivity index (χ3v) is 14.6. The largest absolute Gasteiger partial charge is 0.344 e. The minimum atomic E-state index is -3.99. The Morgan fingerprint density at radius 2 is 1.00 bits per heavy atom. The van der Waals surface area contributed by atoms with E-state index in [9.17, 15) is 8.42 Å². The summed E-state index contributed by atoms with van der Waals surface area (Å²) in [5.74, 6) is -1.21. The topological polar surface area (TPSA) is 71.1 Å². The van der Waals surface area contributed by atoms with Crippen LogP contribution in [0.25, 0.3) is 12.2 Å². The molecule has 9 heteroatoms. The second-order valence-electron chi connectivity index (χ2n) is 16.7. The van der Waals surface area contributed by atoms with Crippen molar-refractivity contribution in [1.29, 1.82) is 0 Å². The number of ether oxygens (including phenoxy) is 4. The molecule has 2 aliphatic carbocycles. The Morgan fingerprint density at radius 3 is 1.36 bits per heavy atom. The van der Waals surface area contributed by atoms with Gasteiger partial charge in [0.05, 0.1) is 36.2 Å². The second kappa shape index (κ2) is 16.2. The summed E-state index contributed by atoms with van der Waals surface area (Å²) in [6.07, 6.45) is 17.1. The van der Waals surface area contributed by atoms with Crippen molar-refractivity contribution < 1.29 is 27.4 Å². The van der Waals surface area contributed by atoms with E-state index in [0.717, 1.165) is 49.7 Å². The van der Waals surface area contributed by atoms with Crippen molar-refractivity contribution in [2.75, 3.05) is 26.4 Å². The lowest BCUT2D eigenvalue weighted by Crippen LogP contribution is -2.40. The molecule has 0 radical (unpaired) electrons. The molecule has 0 saturated carbocycles. The van der Waals surface area contributed by atoms with E-state index in [4.69, 9.17) is 42.1 Å². The predicted molar refractivity (Wildman–Crippen MR) is 224 cm³/mol. The first-order valence-electron chi connectivity index (χ1n) is 19.4. The summed E-state index contributed by atoms with van der Waals surface area (Å²) in [6, 6.07) is 9.78. The van der Waals surface area contributed by atoms with Crippen LogP contribution in [0.4, 0.5) is 0 Å². The molecule has 2 fully saturated rings. The molecule has 2 aliphatic heterocycles. The highest BCUT2D eigenvalue weighted by Gasteiger charge is 2.47. The molecule has 0 N–H and O–H groups in total. The van der Waals surface area contributed by atoms with Gasteiger partial charge in [0.15, 0.2) is 11.6 Å². The SMILES string of the molecule is CC1=C(C/C=C(C)/C=C/c2cc(Cl)ccc2S(=O)(=O)c2ccc(Cl)cc2/C=C/C(C)=C/CC2=C(C)C3(CCC2(C)C)OCCO3)C(C)(C)CCC12OCCO2. The van der Waals surface area contributed by atoms with Crippen molar-refractivity contribution >= 4 is 45.2 Å². The Balaban J connectivity index is 1.25. The monoisotopic (exact) mass is 806 g/mol. The van der Waals surface area contributed by atoms with E-state index in [1.165, 1.54) is 22.3 Å². The Bertz CT molecular complexity index is 1960. The third-order valence-electron chi connectivity index (χ3n) is 12.2. The number of rotatable bonds is 10. The van der Waals surface area contributed by atoms with Gasteiger partial charge in [0.1, 0.15) is 0 Å². The van der Waals surface area contributed by atoms with Gasteiger partial charge in [-0.15, -0.1) is 0 Å². The van der Waals surface area contributed by atoms with Crippen LogP contribution in [0, 0.1) is 10.8 Å². The number of hydrogen-bond acceptors (Lipinski definition) is 6. The molecule has 0 bridgehead atoms. The summed E-state index contributed by atoms with van der Waals surface area (Å²) < 4.78 is 53.4. The summed E-state index contributed by atoms with van der Waals surface area (Å²) in [7, 11) is -3.99. The Morgan fingerprint density at radius 1 is 0.636 bits per heavy atom. The van der Waals surface area contributed by atoms with Crippen molar-refractivity contribution in [3.05, 3.63) is 115 Å². The highest BCUT2D eigenvalue weighted by Crippen LogP contribution is 2.50. The predicted octanol–water partition coefficient (Wildman–Crippen LogP) is 12.3. The molecular weight excluding hydrogens is 751 g/mol. The van der Waals surface area contributed by atoms with Gasteiger partial charge in [-0.3, -0.25) is 0 Å². The summed E-state index contributed by atoms with van der Waals surface area (Å²) in [5, 5.41) is 0.902. The fourth-order valence-electron chi connectivity index (χ4n) is 8.61. The van der Waals surface area contributed by atoms with E-state index >= 15 is 0 Å². The molecule has 2 aromatic carbocycles. The van der Waals surface area contributed by atoms with Gasteiger partial charge in [0.25, 0.3) is 0 Å². The van der Waals surface area contributed by atoms with E-state index < -0.39 is 21.4 Å². The van der Waals surface area contributed by atoms with Gasteiger partial charge >= 0.3 is 0 Å². The van der Waals surface area contributed by atoms with Gasteiger partial charge in [-0.25, -0.2) is 8.42 Å². The zero-order chi connectivity index (χ0) is 39.8. The molecule has 2 heterocycles. The van der Waals surface area contributed by atoms with E-state index in [2.05, 4.69) is 53.7 Å². The van der Waals surface area contributed by atoms with Crippen molar-refractivity contribution in [2.45, 2.75) is 115 Å². The first-order valence-corrected chi connectivity index (χ1v) is 21.6. The normalized spacial score (nSPS) is 22.7. The van der Waals surface area contributed by atoms with Gasteiger partial charge in [-0.2, -0.15) is 0 Å². The third kappa shape index (κ3) is 8.74. The molecule has 2 aromatic rings.